The van der Waals surface area contributed by atoms with E-state index in [1.165, 1.54) is 25.1 Å². The maximum Gasteiger partial charge on any atom is 0.139 e. The molecule has 1 aromatic carbocycles. The van der Waals surface area contributed by atoms with Crippen molar-refractivity contribution in [2.45, 2.75) is 26.7 Å². The summed E-state index contributed by atoms with van der Waals surface area (Å²) in [6.45, 7) is 9.91. The van der Waals surface area contributed by atoms with Gasteiger partial charge in [0, 0.05) is 62.0 Å². The minimum atomic E-state index is 0.768. The molecule has 0 amide bonds. The number of nitrogens with zero attached hydrogens (tertiary/aromatic N) is 4. The Labute approximate surface area is 179 Å². The maximum absolute atomic E-state index is 5.61. The second kappa shape index (κ2) is 8.96. The minimum Gasteiger partial charge on any atom is -0.496 e. The molecule has 1 fully saturated rings. The molecule has 0 atom stereocenters. The van der Waals surface area contributed by atoms with Crippen LogP contribution in [0.5, 0.6) is 11.5 Å². The van der Waals surface area contributed by atoms with Crippen molar-refractivity contribution in [3.8, 4) is 22.8 Å². The van der Waals surface area contributed by atoms with E-state index in [9.17, 15) is 0 Å². The molecule has 6 heteroatoms. The van der Waals surface area contributed by atoms with Gasteiger partial charge in [-0.3, -0.25) is 4.90 Å². The number of unbranched alkanes of at least 4 members (excludes halogenated alkanes) is 1. The number of piperazine rings is 1. The van der Waals surface area contributed by atoms with Gasteiger partial charge in [0.05, 0.1) is 19.9 Å². The molecule has 160 valence electrons. The summed E-state index contributed by atoms with van der Waals surface area (Å²) in [5.74, 6) is 1.59. The molecule has 4 rings (SSSR count). The summed E-state index contributed by atoms with van der Waals surface area (Å²) in [5, 5.41) is 0. The van der Waals surface area contributed by atoms with Crippen molar-refractivity contribution in [3.05, 3.63) is 42.2 Å². The Bertz CT molecular complexity index is 1010. The van der Waals surface area contributed by atoms with Crippen LogP contribution in [0.1, 0.15) is 25.3 Å². The van der Waals surface area contributed by atoms with Crippen LogP contribution in [0.4, 0.5) is 5.69 Å². The standard InChI is InChI=1S/C24H32N4O2/c1-5-6-8-26-10-12-27(13-11-26)19-7-9-28-17-21(25-24(28)15-19)20-14-18(2)22(29-3)16-23(20)30-4/h7,9,14-17H,5-6,8,10-13H2,1-4H3. The summed E-state index contributed by atoms with van der Waals surface area (Å²) >= 11 is 0. The van der Waals surface area contributed by atoms with Crippen molar-refractivity contribution in [2.24, 2.45) is 0 Å². The first-order valence-corrected chi connectivity index (χ1v) is 10.8. The fourth-order valence-electron chi connectivity index (χ4n) is 4.17. The van der Waals surface area contributed by atoms with Gasteiger partial charge < -0.3 is 18.8 Å². The fourth-order valence-corrected chi connectivity index (χ4v) is 4.17. The average Bonchev–Trinajstić information content (AvgIpc) is 3.21. The first kappa shape index (κ1) is 20.5. The first-order valence-electron chi connectivity index (χ1n) is 10.8. The zero-order chi connectivity index (χ0) is 21.1. The Morgan fingerprint density at radius 1 is 1.00 bits per heavy atom. The maximum atomic E-state index is 5.61. The number of imidazole rings is 1. The van der Waals surface area contributed by atoms with Gasteiger partial charge in [0.2, 0.25) is 0 Å². The highest BCUT2D eigenvalue weighted by atomic mass is 16.5. The number of ether oxygens (including phenoxy) is 2. The Kier molecular flexibility index (Phi) is 6.13. The van der Waals surface area contributed by atoms with E-state index in [1.807, 2.05) is 13.0 Å². The molecule has 30 heavy (non-hydrogen) atoms. The number of fused-ring (bicyclic) bond motifs is 1. The summed E-state index contributed by atoms with van der Waals surface area (Å²) < 4.78 is 13.1. The monoisotopic (exact) mass is 408 g/mol. The summed E-state index contributed by atoms with van der Waals surface area (Å²) in [5.41, 5.74) is 5.14. The van der Waals surface area contributed by atoms with Crippen LogP contribution in [0.25, 0.3) is 16.9 Å². The number of benzene rings is 1. The van der Waals surface area contributed by atoms with Crippen molar-refractivity contribution < 1.29 is 9.47 Å². The van der Waals surface area contributed by atoms with E-state index in [4.69, 9.17) is 14.5 Å². The Hall–Kier alpha value is -2.73. The molecule has 2 aromatic heterocycles. The van der Waals surface area contributed by atoms with Gasteiger partial charge in [-0.25, -0.2) is 4.98 Å². The van der Waals surface area contributed by atoms with Gasteiger partial charge in [-0.15, -0.1) is 0 Å². The summed E-state index contributed by atoms with van der Waals surface area (Å²) in [7, 11) is 3.36. The topological polar surface area (TPSA) is 42.2 Å². The molecule has 3 heterocycles. The highest BCUT2D eigenvalue weighted by Crippen LogP contribution is 2.35. The summed E-state index contributed by atoms with van der Waals surface area (Å²) in [4.78, 5) is 9.95. The normalized spacial score (nSPS) is 15.0. The van der Waals surface area contributed by atoms with Crippen LogP contribution in [-0.4, -0.2) is 61.2 Å². The van der Waals surface area contributed by atoms with Gasteiger partial charge in [0.15, 0.2) is 0 Å². The van der Waals surface area contributed by atoms with Crippen molar-refractivity contribution in [1.29, 1.82) is 0 Å². The number of pyridine rings is 1. The minimum absolute atomic E-state index is 0.768. The quantitative estimate of drug-likeness (QED) is 0.585. The molecule has 0 bridgehead atoms. The lowest BCUT2D eigenvalue weighted by Crippen LogP contribution is -2.46. The number of hydrogen-bond donors (Lipinski definition) is 0. The first-order chi connectivity index (χ1) is 14.6. The predicted molar refractivity (Wildman–Crippen MR) is 122 cm³/mol. The third kappa shape index (κ3) is 4.10. The number of aryl methyl sites for hydroxylation is 1. The molecule has 0 spiro atoms. The molecule has 3 aromatic rings. The van der Waals surface area contributed by atoms with Crippen LogP contribution in [0.3, 0.4) is 0 Å². The second-order valence-electron chi connectivity index (χ2n) is 7.98. The number of aromatic nitrogens is 2. The molecule has 0 radical (unpaired) electrons. The van der Waals surface area contributed by atoms with Gasteiger partial charge in [0.25, 0.3) is 0 Å². The molecule has 6 nitrogen and oxygen atoms in total. The fraction of sp³-hybridized carbons (Fsp3) is 0.458. The molecule has 1 aliphatic rings. The zero-order valence-electron chi connectivity index (χ0n) is 18.5. The van der Waals surface area contributed by atoms with Gasteiger partial charge >= 0.3 is 0 Å². The van der Waals surface area contributed by atoms with Crippen LogP contribution < -0.4 is 14.4 Å². The molecular weight excluding hydrogens is 376 g/mol. The van der Waals surface area contributed by atoms with Crippen LogP contribution in [0, 0.1) is 6.92 Å². The Morgan fingerprint density at radius 3 is 2.47 bits per heavy atom. The smallest absolute Gasteiger partial charge is 0.139 e. The van der Waals surface area contributed by atoms with Gasteiger partial charge in [0.1, 0.15) is 17.1 Å². The zero-order valence-corrected chi connectivity index (χ0v) is 18.5. The highest BCUT2D eigenvalue weighted by Gasteiger charge is 2.18. The molecule has 0 unspecified atom stereocenters. The molecule has 1 saturated heterocycles. The number of methoxy groups -OCH3 is 2. The van der Waals surface area contributed by atoms with Crippen molar-refractivity contribution in [1.82, 2.24) is 14.3 Å². The summed E-state index contributed by atoms with van der Waals surface area (Å²) in [6.07, 6.45) is 6.72. The lowest BCUT2D eigenvalue weighted by molar-refractivity contribution is 0.254. The van der Waals surface area contributed by atoms with Crippen molar-refractivity contribution in [3.63, 3.8) is 0 Å². The number of rotatable bonds is 7. The van der Waals surface area contributed by atoms with E-state index in [2.05, 4.69) is 51.7 Å². The van der Waals surface area contributed by atoms with E-state index in [1.54, 1.807) is 14.2 Å². The van der Waals surface area contributed by atoms with Crippen molar-refractivity contribution in [2.75, 3.05) is 51.8 Å². The average molecular weight is 409 g/mol. The van der Waals surface area contributed by atoms with Crippen LogP contribution in [-0.2, 0) is 0 Å². The predicted octanol–water partition coefficient (Wildman–Crippen LogP) is 4.25. The number of anilines is 1. The van der Waals surface area contributed by atoms with E-state index in [0.29, 0.717) is 0 Å². The lowest BCUT2D eigenvalue weighted by atomic mass is 10.1. The molecule has 1 aliphatic heterocycles. The largest absolute Gasteiger partial charge is 0.496 e. The SMILES string of the molecule is CCCCN1CCN(c2ccn3cc(-c4cc(C)c(OC)cc4OC)nc3c2)CC1. The second-order valence-corrected chi connectivity index (χ2v) is 7.98. The van der Waals surface area contributed by atoms with Gasteiger partial charge in [-0.05, 0) is 37.6 Å². The molecule has 0 saturated carbocycles. The van der Waals surface area contributed by atoms with Crippen LogP contribution in [0.15, 0.2) is 36.7 Å². The van der Waals surface area contributed by atoms with E-state index in [-0.39, 0.29) is 0 Å². The van der Waals surface area contributed by atoms with Gasteiger partial charge in [-0.1, -0.05) is 13.3 Å². The van der Waals surface area contributed by atoms with E-state index < -0.39 is 0 Å². The van der Waals surface area contributed by atoms with E-state index in [0.717, 1.165) is 60.1 Å². The third-order valence-electron chi connectivity index (χ3n) is 6.00. The molecule has 0 aliphatic carbocycles. The Balaban J connectivity index is 1.57. The number of hydrogen-bond acceptors (Lipinski definition) is 5. The lowest BCUT2D eigenvalue weighted by Gasteiger charge is -2.36. The molecular formula is C24H32N4O2. The molecule has 0 N–H and O–H groups in total. The van der Waals surface area contributed by atoms with Crippen LogP contribution in [0.2, 0.25) is 0 Å². The Morgan fingerprint density at radius 2 is 1.77 bits per heavy atom. The van der Waals surface area contributed by atoms with Crippen molar-refractivity contribution >= 4 is 11.3 Å². The third-order valence-corrected chi connectivity index (χ3v) is 6.00. The van der Waals surface area contributed by atoms with Gasteiger partial charge in [-0.2, -0.15) is 0 Å². The van der Waals surface area contributed by atoms with Crippen LogP contribution >= 0.6 is 0 Å². The summed E-state index contributed by atoms with van der Waals surface area (Å²) in [6, 6.07) is 8.39. The highest BCUT2D eigenvalue weighted by molar-refractivity contribution is 5.72. The van der Waals surface area contributed by atoms with E-state index >= 15 is 0 Å².